The summed E-state index contributed by atoms with van der Waals surface area (Å²) in [7, 11) is 3.34. The van der Waals surface area contributed by atoms with Crippen molar-refractivity contribution in [2.75, 3.05) is 14.2 Å². The molecule has 3 rings (SSSR count). The topological polar surface area (TPSA) is 82.1 Å². The van der Waals surface area contributed by atoms with E-state index in [1.807, 2.05) is 7.05 Å². The molecular weight excluding hydrogens is 338 g/mol. The molecule has 2 aliphatic heterocycles. The largest absolute Gasteiger partial charge is 0.469 e. The number of esters is 3. The van der Waals surface area contributed by atoms with Crippen molar-refractivity contribution in [1.82, 2.24) is 4.90 Å². The Labute approximate surface area is 152 Å². The van der Waals surface area contributed by atoms with Crippen LogP contribution in [0, 0.1) is 5.92 Å². The minimum Gasteiger partial charge on any atom is -0.469 e. The maximum atomic E-state index is 12.7. The first-order valence-electron chi connectivity index (χ1n) is 8.70. The fourth-order valence-electron chi connectivity index (χ4n) is 4.07. The first-order valence-corrected chi connectivity index (χ1v) is 8.70. The molecule has 26 heavy (non-hydrogen) atoms. The molecule has 0 radical (unpaired) electrons. The van der Waals surface area contributed by atoms with Crippen molar-refractivity contribution in [2.45, 2.75) is 44.4 Å². The number of rotatable bonds is 4. The lowest BCUT2D eigenvalue weighted by Crippen LogP contribution is -2.53. The van der Waals surface area contributed by atoms with Gasteiger partial charge in [0.2, 0.25) is 0 Å². The van der Waals surface area contributed by atoms with Crippen LogP contribution in [0.3, 0.4) is 0 Å². The maximum absolute atomic E-state index is 12.7. The van der Waals surface area contributed by atoms with E-state index in [4.69, 9.17) is 14.2 Å². The second kappa shape index (κ2) is 7.45. The number of para-hydroxylation sites is 1. The van der Waals surface area contributed by atoms with Crippen LogP contribution in [-0.4, -0.2) is 55.2 Å². The van der Waals surface area contributed by atoms with E-state index in [0.29, 0.717) is 6.42 Å². The summed E-state index contributed by atoms with van der Waals surface area (Å²) < 4.78 is 15.7. The predicted molar refractivity (Wildman–Crippen MR) is 91.7 cm³/mol. The predicted octanol–water partition coefficient (Wildman–Crippen LogP) is 1.79. The van der Waals surface area contributed by atoms with Crippen LogP contribution in [-0.2, 0) is 19.1 Å². The molecule has 2 fully saturated rings. The average Bonchev–Trinajstić information content (AvgIpc) is 2.84. The zero-order chi connectivity index (χ0) is 18.8. The van der Waals surface area contributed by atoms with Crippen molar-refractivity contribution < 1.29 is 28.6 Å². The minimum atomic E-state index is -0.607. The van der Waals surface area contributed by atoms with Gasteiger partial charge in [-0.05, 0) is 32.0 Å². The first kappa shape index (κ1) is 18.4. The van der Waals surface area contributed by atoms with Gasteiger partial charge in [0.25, 0.3) is 0 Å². The van der Waals surface area contributed by atoms with Gasteiger partial charge in [0.1, 0.15) is 23.3 Å². The fraction of sp³-hybridized carbons (Fsp3) is 0.526. The molecule has 1 aromatic rings. The summed E-state index contributed by atoms with van der Waals surface area (Å²) in [4.78, 5) is 38.5. The lowest BCUT2D eigenvalue weighted by Gasteiger charge is -2.40. The van der Waals surface area contributed by atoms with Gasteiger partial charge in [-0.2, -0.15) is 0 Å². The van der Waals surface area contributed by atoms with Gasteiger partial charge in [-0.3, -0.25) is 14.5 Å². The molecule has 0 N–H and O–H groups in total. The summed E-state index contributed by atoms with van der Waals surface area (Å²) in [6.07, 6.45) is 1.86. The molecule has 0 saturated carbocycles. The highest BCUT2D eigenvalue weighted by Gasteiger charge is 2.51. The Kier molecular flexibility index (Phi) is 5.27. The number of carbonyl (C=O) groups is 3. The Bertz CT molecular complexity index is 718. The molecule has 2 unspecified atom stereocenters. The normalized spacial score (nSPS) is 27.7. The highest BCUT2D eigenvalue weighted by Crippen LogP contribution is 2.40. The number of hydrogen-bond donors (Lipinski definition) is 0. The Morgan fingerprint density at radius 2 is 1.88 bits per heavy atom. The number of carbonyl (C=O) groups excluding carboxylic acids is 3. The van der Waals surface area contributed by atoms with E-state index >= 15 is 0 Å². The molecule has 4 atom stereocenters. The SMILES string of the molecule is COC(=O)[C@@H]1C2CCC(C[C@@H]1OC(=O)c1ccccc1OC(C)=O)N2C. The van der Waals surface area contributed by atoms with E-state index in [-0.39, 0.29) is 29.4 Å². The van der Waals surface area contributed by atoms with Crippen molar-refractivity contribution in [1.29, 1.82) is 0 Å². The zero-order valence-corrected chi connectivity index (χ0v) is 15.1. The van der Waals surface area contributed by atoms with Crippen LogP contribution in [0.5, 0.6) is 5.75 Å². The van der Waals surface area contributed by atoms with Gasteiger partial charge in [-0.1, -0.05) is 12.1 Å². The second-order valence-electron chi connectivity index (χ2n) is 6.78. The van der Waals surface area contributed by atoms with E-state index in [1.54, 1.807) is 12.1 Å². The van der Waals surface area contributed by atoms with E-state index in [1.165, 1.54) is 26.2 Å². The van der Waals surface area contributed by atoms with E-state index in [0.717, 1.165) is 12.8 Å². The van der Waals surface area contributed by atoms with Crippen LogP contribution >= 0.6 is 0 Å². The molecule has 0 aromatic heterocycles. The van der Waals surface area contributed by atoms with Crippen molar-refractivity contribution in [2.24, 2.45) is 5.92 Å². The number of fused-ring (bicyclic) bond motifs is 2. The molecular formula is C19H23NO6. The van der Waals surface area contributed by atoms with Crippen LogP contribution < -0.4 is 4.74 Å². The van der Waals surface area contributed by atoms with Gasteiger partial charge in [0.05, 0.1) is 7.11 Å². The summed E-state index contributed by atoms with van der Waals surface area (Å²) in [5.74, 6) is -1.86. The zero-order valence-electron chi connectivity index (χ0n) is 15.1. The van der Waals surface area contributed by atoms with E-state index in [9.17, 15) is 14.4 Å². The van der Waals surface area contributed by atoms with Gasteiger partial charge in [0, 0.05) is 25.4 Å². The number of benzene rings is 1. The molecule has 7 heteroatoms. The molecule has 0 amide bonds. The number of methoxy groups -OCH3 is 1. The van der Waals surface area contributed by atoms with Crippen molar-refractivity contribution in [3.05, 3.63) is 29.8 Å². The lowest BCUT2D eigenvalue weighted by molar-refractivity contribution is -0.156. The third-order valence-corrected chi connectivity index (χ3v) is 5.31. The summed E-state index contributed by atoms with van der Waals surface area (Å²) >= 11 is 0. The summed E-state index contributed by atoms with van der Waals surface area (Å²) in [6.45, 7) is 1.27. The summed E-state index contributed by atoms with van der Waals surface area (Å²) in [6, 6.07) is 6.69. The van der Waals surface area contributed by atoms with E-state index < -0.39 is 24.0 Å². The van der Waals surface area contributed by atoms with E-state index in [2.05, 4.69) is 4.90 Å². The van der Waals surface area contributed by atoms with Gasteiger partial charge in [-0.15, -0.1) is 0 Å². The molecule has 2 aliphatic rings. The van der Waals surface area contributed by atoms with Crippen LogP contribution in [0.1, 0.15) is 36.5 Å². The molecule has 0 spiro atoms. The smallest absolute Gasteiger partial charge is 0.342 e. The number of hydrogen-bond acceptors (Lipinski definition) is 7. The summed E-state index contributed by atoms with van der Waals surface area (Å²) in [5, 5.41) is 0. The Morgan fingerprint density at radius 1 is 1.15 bits per heavy atom. The van der Waals surface area contributed by atoms with Crippen molar-refractivity contribution >= 4 is 17.9 Å². The van der Waals surface area contributed by atoms with Crippen LogP contribution in [0.4, 0.5) is 0 Å². The lowest BCUT2D eigenvalue weighted by atomic mass is 9.87. The van der Waals surface area contributed by atoms with Gasteiger partial charge in [-0.25, -0.2) is 4.79 Å². The molecule has 2 bridgehead atoms. The maximum Gasteiger partial charge on any atom is 0.342 e. The molecule has 2 heterocycles. The number of ether oxygens (including phenoxy) is 3. The van der Waals surface area contributed by atoms with Crippen molar-refractivity contribution in [3.8, 4) is 5.75 Å². The van der Waals surface area contributed by atoms with Gasteiger partial charge < -0.3 is 14.2 Å². The quantitative estimate of drug-likeness (QED) is 0.597. The monoisotopic (exact) mass is 361 g/mol. The average molecular weight is 361 g/mol. The third kappa shape index (κ3) is 3.44. The molecule has 1 aromatic carbocycles. The third-order valence-electron chi connectivity index (χ3n) is 5.31. The Hall–Kier alpha value is -2.41. The second-order valence-corrected chi connectivity index (χ2v) is 6.78. The number of piperidine rings is 1. The highest BCUT2D eigenvalue weighted by molar-refractivity contribution is 5.93. The molecule has 140 valence electrons. The molecule has 7 nitrogen and oxygen atoms in total. The fourth-order valence-corrected chi connectivity index (χ4v) is 4.07. The van der Waals surface area contributed by atoms with Gasteiger partial charge in [0.15, 0.2) is 0 Å². The number of nitrogens with zero attached hydrogens (tertiary/aromatic N) is 1. The first-order chi connectivity index (χ1) is 12.4. The Balaban J connectivity index is 1.82. The standard InChI is InChI=1S/C19H23NO6/c1-11(21)25-15-7-5-4-6-13(15)18(22)26-16-10-12-8-9-14(20(12)2)17(16)19(23)24-3/h4-7,12,14,16-17H,8-10H2,1-3H3/t12?,14?,16-,17+/m0/s1. The van der Waals surface area contributed by atoms with Crippen LogP contribution in [0.25, 0.3) is 0 Å². The molecule has 2 saturated heterocycles. The highest BCUT2D eigenvalue weighted by atomic mass is 16.6. The minimum absolute atomic E-state index is 0.00251. The molecule has 0 aliphatic carbocycles. The van der Waals surface area contributed by atoms with Crippen LogP contribution in [0.2, 0.25) is 0 Å². The Morgan fingerprint density at radius 3 is 2.58 bits per heavy atom. The van der Waals surface area contributed by atoms with Crippen molar-refractivity contribution in [3.63, 3.8) is 0 Å². The van der Waals surface area contributed by atoms with Gasteiger partial charge >= 0.3 is 17.9 Å². The van der Waals surface area contributed by atoms with Crippen LogP contribution in [0.15, 0.2) is 24.3 Å². The summed E-state index contributed by atoms with van der Waals surface area (Å²) in [5.41, 5.74) is 0.164.